The molecule has 0 amide bonds. The molecular weight excluding hydrogens is 382 g/mol. The fourth-order valence-corrected chi connectivity index (χ4v) is 3.83. The van der Waals surface area contributed by atoms with Crippen LogP contribution in [-0.2, 0) is 19.5 Å². The van der Waals surface area contributed by atoms with Crippen LogP contribution in [0.25, 0.3) is 11.4 Å². The van der Waals surface area contributed by atoms with E-state index in [1.54, 1.807) is 26.4 Å². The first kappa shape index (κ1) is 20.0. The van der Waals surface area contributed by atoms with Gasteiger partial charge in [0.2, 0.25) is 0 Å². The first-order valence-corrected chi connectivity index (χ1v) is 9.84. The monoisotopic (exact) mass is 407 g/mol. The molecule has 3 aromatic rings. The van der Waals surface area contributed by atoms with Gasteiger partial charge < -0.3 is 19.6 Å². The molecule has 0 saturated carbocycles. The summed E-state index contributed by atoms with van der Waals surface area (Å²) in [5.74, 6) is 1.81. The maximum atomic E-state index is 12.6. The number of nitrogens with one attached hydrogen (secondary N) is 1. The Morgan fingerprint density at radius 2 is 1.80 bits per heavy atom. The van der Waals surface area contributed by atoms with Crippen LogP contribution in [0.4, 0.5) is 0 Å². The molecule has 0 unspecified atom stereocenters. The predicted octanol–water partition coefficient (Wildman–Crippen LogP) is 3.03. The average molecular weight is 407 g/mol. The summed E-state index contributed by atoms with van der Waals surface area (Å²) in [4.78, 5) is 22.5. The van der Waals surface area contributed by atoms with Crippen molar-refractivity contribution in [1.82, 2.24) is 14.9 Å². The van der Waals surface area contributed by atoms with Crippen LogP contribution in [0.2, 0.25) is 0 Å². The Labute approximate surface area is 174 Å². The predicted molar refractivity (Wildman–Crippen MR) is 114 cm³/mol. The van der Waals surface area contributed by atoms with Gasteiger partial charge in [0.15, 0.2) is 0 Å². The number of phenols is 1. The van der Waals surface area contributed by atoms with E-state index in [4.69, 9.17) is 14.5 Å². The third-order valence-electron chi connectivity index (χ3n) is 5.45. The quantitative estimate of drug-likeness (QED) is 0.676. The molecule has 0 spiro atoms. The number of aryl methyl sites for hydroxylation is 1. The molecule has 1 aliphatic heterocycles. The molecule has 0 radical (unpaired) electrons. The molecule has 4 rings (SSSR count). The normalized spacial score (nSPS) is 13.7. The Morgan fingerprint density at radius 3 is 2.43 bits per heavy atom. The van der Waals surface area contributed by atoms with Gasteiger partial charge in [0.1, 0.15) is 23.1 Å². The van der Waals surface area contributed by atoms with Gasteiger partial charge in [-0.25, -0.2) is 4.98 Å². The van der Waals surface area contributed by atoms with Gasteiger partial charge in [-0.15, -0.1) is 0 Å². The molecule has 2 N–H and O–H groups in total. The van der Waals surface area contributed by atoms with Gasteiger partial charge >= 0.3 is 0 Å². The number of rotatable bonds is 5. The number of phenolic OH excluding ortho intramolecular Hbond substituents is 1. The number of aromatic hydroxyl groups is 1. The van der Waals surface area contributed by atoms with E-state index in [2.05, 4.69) is 9.88 Å². The number of fused-ring (bicyclic) bond motifs is 1. The Bertz CT molecular complexity index is 1100. The number of nitrogens with zero attached hydrogens (tertiary/aromatic N) is 2. The second-order valence-electron chi connectivity index (χ2n) is 7.50. The third kappa shape index (κ3) is 3.89. The molecule has 1 aliphatic rings. The molecule has 1 aromatic heterocycles. The Hall–Kier alpha value is -3.32. The van der Waals surface area contributed by atoms with Gasteiger partial charge in [-0.1, -0.05) is 29.8 Å². The summed E-state index contributed by atoms with van der Waals surface area (Å²) in [6.45, 7) is 3.84. The summed E-state index contributed by atoms with van der Waals surface area (Å²) in [6.07, 6.45) is 0.620. The standard InChI is InChI=1S/C23H25N3O4/c1-14-4-6-15(7-5-14)22-24-19-13-26(9-8-17(19)23(28)25-22)12-18-20(29-2)10-16(27)11-21(18)30-3/h4-7,10-11,27H,8-9,12-13H2,1-3H3,(H,24,25,28). The Balaban J connectivity index is 1.64. The van der Waals surface area contributed by atoms with Crippen molar-refractivity contribution in [3.63, 3.8) is 0 Å². The van der Waals surface area contributed by atoms with Crippen molar-refractivity contribution in [2.45, 2.75) is 26.4 Å². The summed E-state index contributed by atoms with van der Waals surface area (Å²) in [5, 5.41) is 9.88. The minimum absolute atomic E-state index is 0.0741. The van der Waals surface area contributed by atoms with Gasteiger partial charge in [0, 0.05) is 42.9 Å². The van der Waals surface area contributed by atoms with Crippen molar-refractivity contribution in [2.75, 3.05) is 20.8 Å². The molecular formula is C23H25N3O4. The third-order valence-corrected chi connectivity index (χ3v) is 5.45. The summed E-state index contributed by atoms with van der Waals surface area (Å²) < 4.78 is 10.9. The van der Waals surface area contributed by atoms with Crippen LogP contribution in [0, 0.1) is 6.92 Å². The maximum absolute atomic E-state index is 12.6. The zero-order valence-corrected chi connectivity index (χ0v) is 17.4. The Kier molecular flexibility index (Phi) is 5.46. The lowest BCUT2D eigenvalue weighted by atomic mass is 10.0. The lowest BCUT2D eigenvalue weighted by Crippen LogP contribution is -2.35. The van der Waals surface area contributed by atoms with Gasteiger partial charge in [-0.3, -0.25) is 9.69 Å². The van der Waals surface area contributed by atoms with Crippen molar-refractivity contribution in [1.29, 1.82) is 0 Å². The lowest BCUT2D eigenvalue weighted by Gasteiger charge is -2.29. The summed E-state index contributed by atoms with van der Waals surface area (Å²) in [6, 6.07) is 11.1. The van der Waals surface area contributed by atoms with E-state index in [-0.39, 0.29) is 11.3 Å². The Morgan fingerprint density at radius 1 is 1.13 bits per heavy atom. The smallest absolute Gasteiger partial charge is 0.254 e. The van der Waals surface area contributed by atoms with Gasteiger partial charge in [-0.05, 0) is 13.3 Å². The van der Waals surface area contributed by atoms with Crippen LogP contribution in [0.5, 0.6) is 17.2 Å². The molecule has 7 heteroatoms. The van der Waals surface area contributed by atoms with Crippen molar-refractivity contribution in [3.05, 3.63) is 69.1 Å². The second kappa shape index (κ2) is 8.20. The van der Waals surface area contributed by atoms with E-state index in [0.29, 0.717) is 36.8 Å². The number of methoxy groups -OCH3 is 2. The number of benzene rings is 2. The average Bonchev–Trinajstić information content (AvgIpc) is 2.74. The largest absolute Gasteiger partial charge is 0.508 e. The van der Waals surface area contributed by atoms with Crippen molar-refractivity contribution < 1.29 is 14.6 Å². The van der Waals surface area contributed by atoms with Crippen molar-refractivity contribution >= 4 is 0 Å². The molecule has 30 heavy (non-hydrogen) atoms. The van der Waals surface area contributed by atoms with E-state index in [1.807, 2.05) is 31.2 Å². The van der Waals surface area contributed by atoms with Crippen LogP contribution in [-0.4, -0.2) is 40.7 Å². The van der Waals surface area contributed by atoms with E-state index < -0.39 is 0 Å². The number of hydrogen-bond donors (Lipinski definition) is 2. The maximum Gasteiger partial charge on any atom is 0.254 e. The van der Waals surface area contributed by atoms with Gasteiger partial charge in [0.05, 0.1) is 25.5 Å². The fraction of sp³-hybridized carbons (Fsp3) is 0.304. The molecule has 0 aliphatic carbocycles. The highest BCUT2D eigenvalue weighted by Gasteiger charge is 2.24. The minimum atomic E-state index is -0.0741. The van der Waals surface area contributed by atoms with E-state index in [1.165, 1.54) is 0 Å². The number of hydrogen-bond acceptors (Lipinski definition) is 6. The molecule has 2 heterocycles. The second-order valence-corrected chi connectivity index (χ2v) is 7.50. The highest BCUT2D eigenvalue weighted by molar-refractivity contribution is 5.56. The summed E-state index contributed by atoms with van der Waals surface area (Å²) >= 11 is 0. The fourth-order valence-electron chi connectivity index (χ4n) is 3.83. The minimum Gasteiger partial charge on any atom is -0.508 e. The van der Waals surface area contributed by atoms with E-state index in [0.717, 1.165) is 34.5 Å². The first-order valence-electron chi connectivity index (χ1n) is 9.84. The van der Waals surface area contributed by atoms with E-state index >= 15 is 0 Å². The van der Waals surface area contributed by atoms with Crippen LogP contribution in [0.15, 0.2) is 41.2 Å². The number of aromatic amines is 1. The van der Waals surface area contributed by atoms with Crippen LogP contribution in [0.1, 0.15) is 22.4 Å². The van der Waals surface area contributed by atoms with Crippen molar-refractivity contribution in [2.24, 2.45) is 0 Å². The van der Waals surface area contributed by atoms with E-state index in [9.17, 15) is 9.90 Å². The summed E-state index contributed by atoms with van der Waals surface area (Å²) in [7, 11) is 3.14. The van der Waals surface area contributed by atoms with Gasteiger partial charge in [-0.2, -0.15) is 0 Å². The van der Waals surface area contributed by atoms with Crippen LogP contribution >= 0.6 is 0 Å². The molecule has 0 atom stereocenters. The highest BCUT2D eigenvalue weighted by atomic mass is 16.5. The lowest BCUT2D eigenvalue weighted by molar-refractivity contribution is 0.232. The van der Waals surface area contributed by atoms with Gasteiger partial charge in [0.25, 0.3) is 5.56 Å². The molecule has 0 bridgehead atoms. The number of aromatic nitrogens is 2. The highest BCUT2D eigenvalue weighted by Crippen LogP contribution is 2.35. The van der Waals surface area contributed by atoms with Crippen LogP contribution in [0.3, 0.4) is 0 Å². The number of ether oxygens (including phenoxy) is 2. The molecule has 0 saturated heterocycles. The zero-order chi connectivity index (χ0) is 21.3. The zero-order valence-electron chi connectivity index (χ0n) is 17.4. The molecule has 0 fully saturated rings. The SMILES string of the molecule is COc1cc(O)cc(OC)c1CN1CCc2c(nc(-c3ccc(C)cc3)[nH]c2=O)C1. The summed E-state index contributed by atoms with van der Waals surface area (Å²) in [5.41, 5.74) is 4.35. The first-order chi connectivity index (χ1) is 14.5. The van der Waals surface area contributed by atoms with Crippen LogP contribution < -0.4 is 15.0 Å². The number of H-pyrrole nitrogens is 1. The molecule has 7 nitrogen and oxygen atoms in total. The van der Waals surface area contributed by atoms with Crippen molar-refractivity contribution in [3.8, 4) is 28.6 Å². The topological polar surface area (TPSA) is 87.7 Å². The molecule has 156 valence electrons. The molecule has 2 aromatic carbocycles.